The number of aromatic nitrogens is 1. The average molecular weight is 204 g/mol. The van der Waals surface area contributed by atoms with Gasteiger partial charge in [0.2, 0.25) is 0 Å². The summed E-state index contributed by atoms with van der Waals surface area (Å²) >= 11 is 0. The van der Waals surface area contributed by atoms with Gasteiger partial charge in [0.1, 0.15) is 6.07 Å². The van der Waals surface area contributed by atoms with E-state index in [-0.39, 0.29) is 0 Å². The fourth-order valence-electron chi connectivity index (χ4n) is 1.40. The highest BCUT2D eigenvalue weighted by molar-refractivity contribution is 5.36. The van der Waals surface area contributed by atoms with E-state index >= 15 is 0 Å². The van der Waals surface area contributed by atoms with E-state index < -0.39 is 0 Å². The van der Waals surface area contributed by atoms with Gasteiger partial charge in [0.15, 0.2) is 11.4 Å². The summed E-state index contributed by atoms with van der Waals surface area (Å²) < 4.78 is 5.56. The number of rotatable bonds is 5. The molecular formula is C12H16N2O. The lowest BCUT2D eigenvalue weighted by Gasteiger charge is -2.12. The van der Waals surface area contributed by atoms with Gasteiger partial charge in [0.25, 0.3) is 0 Å². The Hall–Kier alpha value is -1.56. The minimum atomic E-state index is 0.362. The topological polar surface area (TPSA) is 45.9 Å². The van der Waals surface area contributed by atoms with E-state index in [1.807, 2.05) is 6.07 Å². The monoisotopic (exact) mass is 204 g/mol. The summed E-state index contributed by atoms with van der Waals surface area (Å²) in [7, 11) is 0. The molecule has 0 saturated carbocycles. The predicted octanol–water partition coefficient (Wildman–Crippen LogP) is 2.77. The van der Waals surface area contributed by atoms with Crippen molar-refractivity contribution >= 4 is 0 Å². The molecule has 3 heteroatoms. The summed E-state index contributed by atoms with van der Waals surface area (Å²) in [5, 5.41) is 8.79. The van der Waals surface area contributed by atoms with Gasteiger partial charge in [-0.2, -0.15) is 5.26 Å². The maximum Gasteiger partial charge on any atom is 0.182 e. The first-order valence-electron chi connectivity index (χ1n) is 5.25. The molecule has 0 aliphatic heterocycles. The van der Waals surface area contributed by atoms with Crippen molar-refractivity contribution in [2.75, 3.05) is 6.61 Å². The van der Waals surface area contributed by atoms with Crippen molar-refractivity contribution in [1.82, 2.24) is 4.98 Å². The largest absolute Gasteiger partial charge is 0.490 e. The van der Waals surface area contributed by atoms with Crippen LogP contribution in [0.15, 0.2) is 18.3 Å². The number of ether oxygens (including phenoxy) is 1. The molecule has 0 aromatic carbocycles. The molecule has 15 heavy (non-hydrogen) atoms. The van der Waals surface area contributed by atoms with Crippen molar-refractivity contribution in [3.8, 4) is 11.8 Å². The van der Waals surface area contributed by atoms with Crippen LogP contribution in [0.4, 0.5) is 0 Å². The standard InChI is InChI=1S/C12H16N2O/c1-3-5-10(2)9-15-12-6-4-7-14-11(12)8-13/h4,6-7,10H,3,5,9H2,1-2H3. The van der Waals surface area contributed by atoms with Gasteiger partial charge in [-0.3, -0.25) is 0 Å². The Bertz CT molecular complexity index is 344. The van der Waals surface area contributed by atoms with Crippen LogP contribution in [0.25, 0.3) is 0 Å². The number of hydrogen-bond donors (Lipinski definition) is 0. The maximum absolute atomic E-state index is 8.79. The summed E-state index contributed by atoms with van der Waals surface area (Å²) in [6, 6.07) is 5.58. The van der Waals surface area contributed by atoms with Crippen LogP contribution in [0, 0.1) is 17.2 Å². The summed E-state index contributed by atoms with van der Waals surface area (Å²) in [5.41, 5.74) is 0.362. The molecule has 0 fully saturated rings. The van der Waals surface area contributed by atoms with E-state index in [2.05, 4.69) is 18.8 Å². The molecule has 1 heterocycles. The molecule has 0 radical (unpaired) electrons. The zero-order valence-corrected chi connectivity index (χ0v) is 9.23. The molecule has 0 saturated heterocycles. The Kier molecular flexibility index (Phi) is 4.62. The Morgan fingerprint density at radius 2 is 2.40 bits per heavy atom. The molecule has 0 N–H and O–H groups in total. The number of hydrogen-bond acceptors (Lipinski definition) is 3. The Labute approximate surface area is 90.7 Å². The second kappa shape index (κ2) is 6.02. The zero-order valence-electron chi connectivity index (χ0n) is 9.23. The van der Waals surface area contributed by atoms with Crippen LogP contribution in [-0.4, -0.2) is 11.6 Å². The molecule has 1 rings (SSSR count). The van der Waals surface area contributed by atoms with Gasteiger partial charge < -0.3 is 4.74 Å². The zero-order chi connectivity index (χ0) is 11.1. The predicted molar refractivity (Wildman–Crippen MR) is 58.5 cm³/mol. The third-order valence-corrected chi connectivity index (χ3v) is 2.18. The first-order chi connectivity index (χ1) is 7.27. The quantitative estimate of drug-likeness (QED) is 0.740. The van der Waals surface area contributed by atoms with Gasteiger partial charge >= 0.3 is 0 Å². The molecule has 0 spiro atoms. The summed E-state index contributed by atoms with van der Waals surface area (Å²) in [6.07, 6.45) is 3.89. The van der Waals surface area contributed by atoms with Crippen LogP contribution >= 0.6 is 0 Å². The molecule has 3 nitrogen and oxygen atoms in total. The highest BCUT2D eigenvalue weighted by Gasteiger charge is 2.06. The van der Waals surface area contributed by atoms with Crippen molar-refractivity contribution in [3.05, 3.63) is 24.0 Å². The molecule has 0 aliphatic carbocycles. The highest BCUT2D eigenvalue weighted by atomic mass is 16.5. The van der Waals surface area contributed by atoms with E-state index in [1.165, 1.54) is 0 Å². The van der Waals surface area contributed by atoms with Crippen molar-refractivity contribution in [3.63, 3.8) is 0 Å². The van der Waals surface area contributed by atoms with Crippen molar-refractivity contribution in [2.24, 2.45) is 5.92 Å². The van der Waals surface area contributed by atoms with E-state index in [9.17, 15) is 0 Å². The third kappa shape index (κ3) is 3.59. The fraction of sp³-hybridized carbons (Fsp3) is 0.500. The number of nitriles is 1. The van der Waals surface area contributed by atoms with Crippen LogP contribution < -0.4 is 4.74 Å². The van der Waals surface area contributed by atoms with Crippen molar-refractivity contribution in [2.45, 2.75) is 26.7 Å². The van der Waals surface area contributed by atoms with E-state index in [0.29, 0.717) is 24.0 Å². The first kappa shape index (κ1) is 11.5. The molecule has 1 aromatic rings. The SMILES string of the molecule is CCCC(C)COc1cccnc1C#N. The molecular weight excluding hydrogens is 188 g/mol. The summed E-state index contributed by atoms with van der Waals surface area (Å²) in [5.74, 6) is 1.10. The molecule has 1 atom stereocenters. The minimum Gasteiger partial charge on any atom is -0.490 e. The minimum absolute atomic E-state index is 0.362. The van der Waals surface area contributed by atoms with Gasteiger partial charge in [-0.25, -0.2) is 4.98 Å². The smallest absolute Gasteiger partial charge is 0.182 e. The Balaban J connectivity index is 2.54. The lowest BCUT2D eigenvalue weighted by atomic mass is 10.1. The Morgan fingerprint density at radius 3 is 3.07 bits per heavy atom. The second-order valence-electron chi connectivity index (χ2n) is 3.67. The van der Waals surface area contributed by atoms with Crippen molar-refractivity contribution in [1.29, 1.82) is 5.26 Å². The van der Waals surface area contributed by atoms with Crippen LogP contribution in [0.5, 0.6) is 5.75 Å². The summed E-state index contributed by atoms with van der Waals surface area (Å²) in [6.45, 7) is 4.95. The van der Waals surface area contributed by atoms with Gasteiger partial charge in [-0.1, -0.05) is 20.3 Å². The van der Waals surface area contributed by atoms with Gasteiger partial charge in [0.05, 0.1) is 6.61 Å². The lowest BCUT2D eigenvalue weighted by Crippen LogP contribution is -2.09. The molecule has 0 aliphatic rings. The molecule has 80 valence electrons. The normalized spacial score (nSPS) is 11.8. The molecule has 0 amide bonds. The van der Waals surface area contributed by atoms with Gasteiger partial charge in [-0.05, 0) is 24.5 Å². The highest BCUT2D eigenvalue weighted by Crippen LogP contribution is 2.16. The second-order valence-corrected chi connectivity index (χ2v) is 3.67. The third-order valence-electron chi connectivity index (χ3n) is 2.18. The number of nitrogens with zero attached hydrogens (tertiary/aromatic N) is 2. The van der Waals surface area contributed by atoms with E-state index in [0.717, 1.165) is 12.8 Å². The van der Waals surface area contributed by atoms with Crippen LogP contribution in [0.2, 0.25) is 0 Å². The van der Waals surface area contributed by atoms with E-state index in [4.69, 9.17) is 10.00 Å². The Morgan fingerprint density at radius 1 is 1.60 bits per heavy atom. The summed E-state index contributed by atoms with van der Waals surface area (Å²) in [4.78, 5) is 3.93. The maximum atomic E-state index is 8.79. The van der Waals surface area contributed by atoms with Gasteiger partial charge in [-0.15, -0.1) is 0 Å². The number of pyridine rings is 1. The van der Waals surface area contributed by atoms with Crippen LogP contribution in [0.3, 0.4) is 0 Å². The molecule has 1 unspecified atom stereocenters. The molecule has 0 bridgehead atoms. The molecule has 1 aromatic heterocycles. The van der Waals surface area contributed by atoms with Crippen molar-refractivity contribution < 1.29 is 4.74 Å². The average Bonchev–Trinajstić information content (AvgIpc) is 2.27. The first-order valence-corrected chi connectivity index (χ1v) is 5.25. The van der Waals surface area contributed by atoms with E-state index in [1.54, 1.807) is 18.3 Å². The fourth-order valence-corrected chi connectivity index (χ4v) is 1.40. The van der Waals surface area contributed by atoms with Gasteiger partial charge in [0, 0.05) is 6.20 Å². The van der Waals surface area contributed by atoms with Crippen LogP contribution in [0.1, 0.15) is 32.4 Å². The van der Waals surface area contributed by atoms with Crippen LogP contribution in [-0.2, 0) is 0 Å². The lowest BCUT2D eigenvalue weighted by molar-refractivity contribution is 0.250.